The summed E-state index contributed by atoms with van der Waals surface area (Å²) in [5, 5.41) is 15.7. The zero-order valence-corrected chi connectivity index (χ0v) is 14.4. The van der Waals surface area contributed by atoms with Crippen LogP contribution in [0.25, 0.3) is 0 Å². The Bertz CT molecular complexity index is 488. The van der Waals surface area contributed by atoms with Crippen LogP contribution in [0.5, 0.6) is 0 Å². The number of hydrogen-bond donors (Lipinski definition) is 2. The van der Waals surface area contributed by atoms with Crippen LogP contribution in [0.15, 0.2) is 17.5 Å². The Morgan fingerprint density at radius 3 is 2.96 bits per heavy atom. The highest BCUT2D eigenvalue weighted by Crippen LogP contribution is 2.29. The van der Waals surface area contributed by atoms with Gasteiger partial charge in [0, 0.05) is 50.1 Å². The first-order valence-electron chi connectivity index (χ1n) is 8.68. The molecular formula is C17H27N3O2S. The maximum Gasteiger partial charge on any atom is 0.223 e. The van der Waals surface area contributed by atoms with Gasteiger partial charge in [-0.1, -0.05) is 6.07 Å². The summed E-state index contributed by atoms with van der Waals surface area (Å²) < 4.78 is 0. The fourth-order valence-electron chi connectivity index (χ4n) is 3.62. The lowest BCUT2D eigenvalue weighted by Crippen LogP contribution is -2.47. The number of carbonyl (C=O) groups is 1. The predicted octanol–water partition coefficient (Wildman–Crippen LogP) is 1.46. The van der Waals surface area contributed by atoms with E-state index in [4.69, 9.17) is 0 Å². The predicted molar refractivity (Wildman–Crippen MR) is 92.6 cm³/mol. The molecule has 0 aliphatic carbocycles. The third-order valence-corrected chi connectivity index (χ3v) is 5.92. The highest BCUT2D eigenvalue weighted by molar-refractivity contribution is 7.10. The van der Waals surface area contributed by atoms with Crippen molar-refractivity contribution in [1.29, 1.82) is 0 Å². The van der Waals surface area contributed by atoms with Crippen LogP contribution in [-0.4, -0.2) is 66.1 Å². The van der Waals surface area contributed by atoms with Gasteiger partial charge in [0.1, 0.15) is 0 Å². The van der Waals surface area contributed by atoms with Gasteiger partial charge in [0.2, 0.25) is 5.91 Å². The van der Waals surface area contributed by atoms with Gasteiger partial charge in [0.05, 0.1) is 6.10 Å². The topological polar surface area (TPSA) is 55.8 Å². The van der Waals surface area contributed by atoms with Crippen LogP contribution in [0, 0.1) is 0 Å². The average molecular weight is 337 g/mol. The van der Waals surface area contributed by atoms with E-state index < -0.39 is 0 Å². The van der Waals surface area contributed by atoms with Crippen molar-refractivity contribution in [1.82, 2.24) is 15.1 Å². The molecule has 2 aliphatic rings. The van der Waals surface area contributed by atoms with Crippen molar-refractivity contribution < 1.29 is 9.90 Å². The number of hydrogen-bond acceptors (Lipinski definition) is 5. The van der Waals surface area contributed by atoms with Gasteiger partial charge in [0.25, 0.3) is 0 Å². The van der Waals surface area contributed by atoms with Crippen LogP contribution in [0.1, 0.15) is 36.7 Å². The fraction of sp³-hybridized carbons (Fsp3) is 0.706. The Kier molecular flexibility index (Phi) is 6.05. The standard InChI is InChI=1S/C17H27N3O2S/c21-15(16-4-2-12-23-16)13-14-3-1-8-19(14)9-5-17(22)20-10-6-18-7-11-20/h2,4,12,14-15,18,21H,1,3,5-11,13H2. The molecule has 5 nitrogen and oxygen atoms in total. The largest absolute Gasteiger partial charge is 0.388 e. The van der Waals surface area contributed by atoms with Gasteiger partial charge in [0.15, 0.2) is 0 Å². The van der Waals surface area contributed by atoms with Crippen LogP contribution in [-0.2, 0) is 4.79 Å². The number of nitrogens with one attached hydrogen (secondary N) is 1. The maximum absolute atomic E-state index is 12.3. The Balaban J connectivity index is 1.46. The van der Waals surface area contributed by atoms with E-state index in [9.17, 15) is 9.90 Å². The van der Waals surface area contributed by atoms with Gasteiger partial charge in [-0.05, 0) is 37.3 Å². The normalized spacial score (nSPS) is 24.0. The number of aliphatic hydroxyl groups is 1. The number of likely N-dealkylation sites (tertiary alicyclic amines) is 1. The molecule has 0 aromatic carbocycles. The number of nitrogens with zero attached hydrogens (tertiary/aromatic N) is 2. The second kappa shape index (κ2) is 8.24. The molecular weight excluding hydrogens is 310 g/mol. The molecule has 3 heterocycles. The molecule has 6 heteroatoms. The van der Waals surface area contributed by atoms with Crippen LogP contribution in [0.2, 0.25) is 0 Å². The van der Waals surface area contributed by atoms with E-state index in [2.05, 4.69) is 10.2 Å². The molecule has 2 unspecified atom stereocenters. The number of piperazine rings is 1. The number of rotatable bonds is 6. The van der Waals surface area contributed by atoms with Crippen molar-refractivity contribution in [2.45, 2.75) is 37.8 Å². The Morgan fingerprint density at radius 1 is 1.39 bits per heavy atom. The Labute approximate surface area is 142 Å². The molecule has 2 N–H and O–H groups in total. The van der Waals surface area contributed by atoms with E-state index in [1.165, 1.54) is 6.42 Å². The minimum absolute atomic E-state index is 0.274. The van der Waals surface area contributed by atoms with Gasteiger partial charge in [-0.3, -0.25) is 9.69 Å². The minimum atomic E-state index is -0.371. The van der Waals surface area contributed by atoms with E-state index in [0.717, 1.165) is 57.0 Å². The second-order valence-electron chi connectivity index (χ2n) is 6.48. The number of aliphatic hydroxyl groups excluding tert-OH is 1. The van der Waals surface area contributed by atoms with Crippen molar-refractivity contribution >= 4 is 17.2 Å². The Hall–Kier alpha value is -0.950. The first-order chi connectivity index (χ1) is 11.2. The first kappa shape index (κ1) is 16.9. The van der Waals surface area contributed by atoms with Gasteiger partial charge in [-0.2, -0.15) is 0 Å². The summed E-state index contributed by atoms with van der Waals surface area (Å²) in [5.41, 5.74) is 0. The molecule has 3 rings (SSSR count). The van der Waals surface area contributed by atoms with Crippen LogP contribution >= 0.6 is 11.3 Å². The lowest BCUT2D eigenvalue weighted by Gasteiger charge is -2.30. The summed E-state index contributed by atoms with van der Waals surface area (Å²) in [6.07, 6.45) is 3.31. The van der Waals surface area contributed by atoms with Crippen molar-refractivity contribution in [2.75, 3.05) is 39.3 Å². The van der Waals surface area contributed by atoms with Crippen molar-refractivity contribution in [2.24, 2.45) is 0 Å². The third kappa shape index (κ3) is 4.53. The van der Waals surface area contributed by atoms with Crippen molar-refractivity contribution in [3.8, 4) is 0 Å². The first-order valence-corrected chi connectivity index (χ1v) is 9.56. The molecule has 0 saturated carbocycles. The molecule has 23 heavy (non-hydrogen) atoms. The molecule has 2 saturated heterocycles. The SMILES string of the molecule is O=C(CCN1CCCC1CC(O)c1cccs1)N1CCNCC1. The quantitative estimate of drug-likeness (QED) is 0.825. The molecule has 1 amide bonds. The third-order valence-electron chi connectivity index (χ3n) is 4.95. The number of amides is 1. The lowest BCUT2D eigenvalue weighted by molar-refractivity contribution is -0.132. The van der Waals surface area contributed by atoms with E-state index in [1.54, 1.807) is 11.3 Å². The summed E-state index contributed by atoms with van der Waals surface area (Å²) in [4.78, 5) is 17.7. The maximum atomic E-state index is 12.3. The van der Waals surface area contributed by atoms with Gasteiger partial charge in [-0.15, -0.1) is 11.3 Å². The van der Waals surface area contributed by atoms with Gasteiger partial charge >= 0.3 is 0 Å². The summed E-state index contributed by atoms with van der Waals surface area (Å²) >= 11 is 1.62. The van der Waals surface area contributed by atoms with Crippen molar-refractivity contribution in [3.05, 3.63) is 22.4 Å². The van der Waals surface area contributed by atoms with Gasteiger partial charge < -0.3 is 15.3 Å². The highest BCUT2D eigenvalue weighted by Gasteiger charge is 2.28. The van der Waals surface area contributed by atoms with Crippen LogP contribution < -0.4 is 5.32 Å². The monoisotopic (exact) mass is 337 g/mol. The summed E-state index contributed by atoms with van der Waals surface area (Å²) in [6, 6.07) is 4.40. The molecule has 0 bridgehead atoms. The van der Waals surface area contributed by atoms with Gasteiger partial charge in [-0.25, -0.2) is 0 Å². The molecule has 2 atom stereocenters. The number of carbonyl (C=O) groups excluding carboxylic acids is 1. The van der Waals surface area contributed by atoms with Crippen LogP contribution in [0.3, 0.4) is 0 Å². The average Bonchev–Trinajstić information content (AvgIpc) is 3.25. The fourth-order valence-corrected chi connectivity index (χ4v) is 4.35. The van der Waals surface area contributed by atoms with E-state index >= 15 is 0 Å². The summed E-state index contributed by atoms with van der Waals surface area (Å²) in [7, 11) is 0. The molecule has 1 aromatic rings. The Morgan fingerprint density at radius 2 is 2.22 bits per heavy atom. The summed E-state index contributed by atoms with van der Waals surface area (Å²) in [5.74, 6) is 0.274. The highest BCUT2D eigenvalue weighted by atomic mass is 32.1. The molecule has 1 aromatic heterocycles. The molecule has 2 aliphatic heterocycles. The second-order valence-corrected chi connectivity index (χ2v) is 7.46. The zero-order valence-electron chi connectivity index (χ0n) is 13.6. The smallest absolute Gasteiger partial charge is 0.223 e. The van der Waals surface area contributed by atoms with E-state index in [-0.39, 0.29) is 12.0 Å². The number of thiophene rings is 1. The summed E-state index contributed by atoms with van der Waals surface area (Å²) in [6.45, 7) is 5.36. The molecule has 0 spiro atoms. The van der Waals surface area contributed by atoms with Crippen LogP contribution in [0.4, 0.5) is 0 Å². The minimum Gasteiger partial charge on any atom is -0.388 e. The van der Waals surface area contributed by atoms with E-state index in [0.29, 0.717) is 12.5 Å². The van der Waals surface area contributed by atoms with E-state index in [1.807, 2.05) is 22.4 Å². The zero-order chi connectivity index (χ0) is 16.1. The molecule has 0 radical (unpaired) electrons. The van der Waals surface area contributed by atoms with Crippen molar-refractivity contribution in [3.63, 3.8) is 0 Å². The molecule has 128 valence electrons. The lowest BCUT2D eigenvalue weighted by atomic mass is 10.1. The molecule has 2 fully saturated rings.